The molecule has 1 radical (unpaired) electrons. The van der Waals surface area contributed by atoms with Crippen LogP contribution in [0.1, 0.15) is 44.4 Å². The van der Waals surface area contributed by atoms with Crippen LogP contribution >= 0.6 is 0 Å². The first-order valence-electron chi connectivity index (χ1n) is 8.31. The minimum atomic E-state index is -0.236. The SMILES string of the molecule is CC.CC.Cc1c(Cc2ccccc2)c(=O)oc2ccccc12.[CH3-].[Y]. The quantitative estimate of drug-likeness (QED) is 0.370. The van der Waals surface area contributed by atoms with Gasteiger partial charge in [-0.15, -0.1) is 0 Å². The van der Waals surface area contributed by atoms with Gasteiger partial charge in [0, 0.05) is 50.1 Å². The van der Waals surface area contributed by atoms with E-state index in [1.165, 1.54) is 0 Å². The Morgan fingerprint density at radius 1 is 0.840 bits per heavy atom. The Morgan fingerprint density at radius 2 is 1.36 bits per heavy atom. The second-order valence-corrected chi connectivity index (χ2v) is 4.65. The standard InChI is InChI=1S/C17H14O2.2C2H6.CH3.Y/c1-12-14-9-5-6-10-16(14)19-17(18)15(12)11-13-7-3-2-4-8-13;2*1-2;;/h2-10H,11H2,1H3;2*1-2H3;1H3;/q;;;-1;. The van der Waals surface area contributed by atoms with Crippen molar-refractivity contribution < 1.29 is 37.1 Å². The van der Waals surface area contributed by atoms with Gasteiger partial charge < -0.3 is 11.8 Å². The minimum absolute atomic E-state index is 0. The van der Waals surface area contributed by atoms with Crippen molar-refractivity contribution in [1.82, 2.24) is 0 Å². The molecule has 0 saturated carbocycles. The van der Waals surface area contributed by atoms with Crippen LogP contribution in [-0.4, -0.2) is 0 Å². The average Bonchev–Trinajstić information content (AvgIpc) is 2.63. The van der Waals surface area contributed by atoms with Gasteiger partial charge in [-0.05, 0) is 24.1 Å². The van der Waals surface area contributed by atoms with Crippen LogP contribution in [0.4, 0.5) is 0 Å². The number of aryl methyl sites for hydroxylation is 1. The number of rotatable bonds is 2. The molecule has 1 heterocycles. The monoisotopic (exact) mass is 414 g/mol. The Labute approximate surface area is 177 Å². The van der Waals surface area contributed by atoms with Crippen molar-refractivity contribution in [1.29, 1.82) is 0 Å². The number of benzene rings is 2. The molecule has 25 heavy (non-hydrogen) atoms. The van der Waals surface area contributed by atoms with Gasteiger partial charge in [0.2, 0.25) is 0 Å². The molecule has 133 valence electrons. The molecule has 0 amide bonds. The first-order chi connectivity index (χ1) is 11.3. The van der Waals surface area contributed by atoms with E-state index >= 15 is 0 Å². The zero-order valence-electron chi connectivity index (χ0n) is 16.3. The summed E-state index contributed by atoms with van der Waals surface area (Å²) in [5, 5.41) is 1.01. The summed E-state index contributed by atoms with van der Waals surface area (Å²) in [6.45, 7) is 9.98. The molecule has 0 bridgehead atoms. The third-order valence-electron chi connectivity index (χ3n) is 3.42. The largest absolute Gasteiger partial charge is 0.423 e. The zero-order chi connectivity index (χ0) is 17.2. The van der Waals surface area contributed by atoms with Crippen LogP contribution in [0.15, 0.2) is 63.8 Å². The summed E-state index contributed by atoms with van der Waals surface area (Å²) >= 11 is 0. The number of hydrogen-bond donors (Lipinski definition) is 0. The van der Waals surface area contributed by atoms with E-state index in [9.17, 15) is 4.79 Å². The molecule has 0 spiro atoms. The molecule has 2 aromatic carbocycles. The fourth-order valence-corrected chi connectivity index (χ4v) is 2.35. The smallest absolute Gasteiger partial charge is 0.340 e. The minimum Gasteiger partial charge on any atom is -0.423 e. The molecule has 3 aromatic rings. The van der Waals surface area contributed by atoms with E-state index in [4.69, 9.17) is 4.42 Å². The second-order valence-electron chi connectivity index (χ2n) is 4.65. The van der Waals surface area contributed by atoms with E-state index in [0.29, 0.717) is 12.0 Å². The maximum atomic E-state index is 12.1. The fourth-order valence-electron chi connectivity index (χ4n) is 2.35. The Hall–Kier alpha value is -1.25. The maximum Gasteiger partial charge on any atom is 0.340 e. The van der Waals surface area contributed by atoms with Crippen molar-refractivity contribution in [2.75, 3.05) is 0 Å². The van der Waals surface area contributed by atoms with Crippen LogP contribution in [0.25, 0.3) is 11.0 Å². The normalized spacial score (nSPS) is 8.68. The van der Waals surface area contributed by atoms with Crippen LogP contribution in [-0.2, 0) is 39.1 Å². The van der Waals surface area contributed by atoms with Crippen LogP contribution in [0.5, 0.6) is 0 Å². The van der Waals surface area contributed by atoms with Crippen molar-refractivity contribution in [2.45, 2.75) is 41.0 Å². The Morgan fingerprint density at radius 3 is 1.96 bits per heavy atom. The average molecular weight is 414 g/mol. The van der Waals surface area contributed by atoms with E-state index in [0.717, 1.165) is 22.1 Å². The molecule has 2 nitrogen and oxygen atoms in total. The van der Waals surface area contributed by atoms with Gasteiger partial charge in [0.15, 0.2) is 0 Å². The molecule has 0 N–H and O–H groups in total. The molecule has 0 aliphatic carbocycles. The third kappa shape index (κ3) is 6.88. The van der Waals surface area contributed by atoms with Gasteiger partial charge in [-0.3, -0.25) is 0 Å². The van der Waals surface area contributed by atoms with Crippen molar-refractivity contribution in [3.05, 3.63) is 89.1 Å². The zero-order valence-corrected chi connectivity index (χ0v) is 19.1. The molecule has 0 unspecified atom stereocenters. The second kappa shape index (κ2) is 14.0. The predicted octanol–water partition coefficient (Wildman–Crippen LogP) is 6.19. The van der Waals surface area contributed by atoms with Crippen molar-refractivity contribution in [3.63, 3.8) is 0 Å². The third-order valence-corrected chi connectivity index (χ3v) is 3.42. The first-order valence-corrected chi connectivity index (χ1v) is 8.31. The van der Waals surface area contributed by atoms with E-state index in [2.05, 4.69) is 0 Å². The molecular formula is C22H29O2Y-. The molecule has 3 heteroatoms. The summed E-state index contributed by atoms with van der Waals surface area (Å²) in [5.74, 6) is 0. The summed E-state index contributed by atoms with van der Waals surface area (Å²) in [4.78, 5) is 12.1. The summed E-state index contributed by atoms with van der Waals surface area (Å²) in [7, 11) is 0. The van der Waals surface area contributed by atoms with Gasteiger partial charge in [0.1, 0.15) is 5.58 Å². The Balaban J connectivity index is 0. The van der Waals surface area contributed by atoms with E-state index in [-0.39, 0.29) is 45.8 Å². The van der Waals surface area contributed by atoms with Crippen LogP contribution in [0.2, 0.25) is 0 Å². The molecule has 0 atom stereocenters. The van der Waals surface area contributed by atoms with Gasteiger partial charge in [0.25, 0.3) is 0 Å². The van der Waals surface area contributed by atoms with Crippen LogP contribution in [0, 0.1) is 14.4 Å². The predicted molar refractivity (Wildman–Crippen MR) is 106 cm³/mol. The topological polar surface area (TPSA) is 30.2 Å². The number of para-hydroxylation sites is 1. The Bertz CT molecular complexity index is 777. The van der Waals surface area contributed by atoms with E-state index in [1.54, 1.807) is 0 Å². The van der Waals surface area contributed by atoms with Gasteiger partial charge in [-0.25, -0.2) is 4.79 Å². The first kappa shape index (κ1) is 26.0. The molecule has 1 aromatic heterocycles. The fraction of sp³-hybridized carbons (Fsp3) is 0.273. The van der Waals surface area contributed by atoms with Gasteiger partial charge in [-0.2, -0.15) is 0 Å². The van der Waals surface area contributed by atoms with E-state index < -0.39 is 0 Å². The van der Waals surface area contributed by atoms with Crippen LogP contribution in [0.3, 0.4) is 0 Å². The van der Waals surface area contributed by atoms with Crippen molar-refractivity contribution in [3.8, 4) is 0 Å². The van der Waals surface area contributed by atoms with E-state index in [1.807, 2.05) is 89.2 Å². The molecule has 0 saturated heterocycles. The molecule has 0 aliphatic rings. The van der Waals surface area contributed by atoms with Crippen molar-refractivity contribution >= 4 is 11.0 Å². The van der Waals surface area contributed by atoms with Crippen molar-refractivity contribution in [2.24, 2.45) is 0 Å². The summed E-state index contributed by atoms with van der Waals surface area (Å²) < 4.78 is 5.39. The van der Waals surface area contributed by atoms with Gasteiger partial charge in [-0.1, -0.05) is 76.2 Å². The molecular weight excluding hydrogens is 385 g/mol. The number of fused-ring (bicyclic) bond motifs is 1. The summed E-state index contributed by atoms with van der Waals surface area (Å²) in [5.41, 5.74) is 3.29. The molecule has 3 rings (SSSR count). The summed E-state index contributed by atoms with van der Waals surface area (Å²) in [6, 6.07) is 17.6. The van der Waals surface area contributed by atoms with Crippen LogP contribution < -0.4 is 5.63 Å². The molecule has 0 aliphatic heterocycles. The summed E-state index contributed by atoms with van der Waals surface area (Å²) in [6.07, 6.45) is 0.611. The van der Waals surface area contributed by atoms with Gasteiger partial charge in [0.05, 0.1) is 0 Å². The Kier molecular flexibility index (Phi) is 14.5. The number of hydrogen-bond acceptors (Lipinski definition) is 2. The maximum absolute atomic E-state index is 12.1. The van der Waals surface area contributed by atoms with Gasteiger partial charge >= 0.3 is 5.63 Å². The molecule has 0 fully saturated rings.